The van der Waals surface area contributed by atoms with Crippen molar-refractivity contribution in [3.63, 3.8) is 0 Å². The number of carbonyl (C=O) groups excluding carboxylic acids is 1. The van der Waals surface area contributed by atoms with Gasteiger partial charge in [-0.2, -0.15) is 0 Å². The van der Waals surface area contributed by atoms with Gasteiger partial charge >= 0.3 is 0 Å². The molecule has 1 saturated heterocycles. The fourth-order valence-electron chi connectivity index (χ4n) is 3.80. The number of anilines is 5. The van der Waals surface area contributed by atoms with Gasteiger partial charge in [0.1, 0.15) is 11.6 Å². The van der Waals surface area contributed by atoms with E-state index in [1.54, 1.807) is 7.11 Å². The van der Waals surface area contributed by atoms with E-state index in [0.717, 1.165) is 60.4 Å². The standard InChI is InChI=1S/C26H30N4O3/c1-4-24(31)19-6-5-7-20(14-19)28-23-16-26(27-17-18(23)2)29-22-9-8-21(15-25(22)32-3)30-10-12-33-13-11-30/h5-9,14-17H,4,10-13H2,1-3H3,(H2,27,28,29). The van der Waals surface area contributed by atoms with E-state index in [-0.39, 0.29) is 5.78 Å². The molecule has 0 saturated carbocycles. The highest BCUT2D eigenvalue weighted by atomic mass is 16.5. The summed E-state index contributed by atoms with van der Waals surface area (Å²) >= 11 is 0. The lowest BCUT2D eigenvalue weighted by atomic mass is 10.1. The molecule has 0 unspecified atom stereocenters. The molecule has 2 aromatic carbocycles. The minimum Gasteiger partial charge on any atom is -0.494 e. The maximum absolute atomic E-state index is 12.1. The zero-order chi connectivity index (χ0) is 23.2. The molecular formula is C26H30N4O3. The van der Waals surface area contributed by atoms with Gasteiger partial charge in [0.25, 0.3) is 0 Å². The number of nitrogens with zero attached hydrogens (tertiary/aromatic N) is 2. The van der Waals surface area contributed by atoms with Gasteiger partial charge in [0.05, 0.1) is 26.0 Å². The van der Waals surface area contributed by atoms with E-state index in [0.29, 0.717) is 17.8 Å². The van der Waals surface area contributed by atoms with Crippen LogP contribution in [-0.4, -0.2) is 44.2 Å². The maximum atomic E-state index is 12.1. The monoisotopic (exact) mass is 446 g/mol. The van der Waals surface area contributed by atoms with Crippen molar-refractivity contribution in [3.05, 3.63) is 65.9 Å². The van der Waals surface area contributed by atoms with E-state index in [2.05, 4.69) is 26.6 Å². The fraction of sp³-hybridized carbons (Fsp3) is 0.308. The summed E-state index contributed by atoms with van der Waals surface area (Å²) in [6.45, 7) is 7.08. The van der Waals surface area contributed by atoms with Crippen LogP contribution in [0.15, 0.2) is 54.7 Å². The van der Waals surface area contributed by atoms with Gasteiger partial charge in [0, 0.05) is 60.5 Å². The summed E-state index contributed by atoms with van der Waals surface area (Å²) in [4.78, 5) is 18.9. The van der Waals surface area contributed by atoms with Crippen molar-refractivity contribution >= 4 is 34.4 Å². The molecule has 1 aliphatic rings. The van der Waals surface area contributed by atoms with Gasteiger partial charge in [0.2, 0.25) is 0 Å². The van der Waals surface area contributed by atoms with Gasteiger partial charge in [0.15, 0.2) is 5.78 Å². The Morgan fingerprint density at radius 1 is 1.09 bits per heavy atom. The molecule has 0 spiro atoms. The number of ketones is 1. The Kier molecular flexibility index (Phi) is 7.10. The Hall–Kier alpha value is -3.58. The average molecular weight is 447 g/mol. The van der Waals surface area contributed by atoms with E-state index in [1.165, 1.54) is 0 Å². The van der Waals surface area contributed by atoms with Crippen LogP contribution in [0.3, 0.4) is 0 Å². The molecule has 0 bridgehead atoms. The van der Waals surface area contributed by atoms with Crippen LogP contribution in [0.25, 0.3) is 0 Å². The molecule has 7 nitrogen and oxygen atoms in total. The lowest BCUT2D eigenvalue weighted by molar-refractivity contribution is 0.0988. The van der Waals surface area contributed by atoms with E-state index >= 15 is 0 Å². The Balaban J connectivity index is 1.54. The van der Waals surface area contributed by atoms with E-state index < -0.39 is 0 Å². The first-order chi connectivity index (χ1) is 16.1. The van der Waals surface area contributed by atoms with Crippen LogP contribution < -0.4 is 20.3 Å². The summed E-state index contributed by atoms with van der Waals surface area (Å²) in [5.74, 6) is 1.57. The van der Waals surface area contributed by atoms with Crippen molar-refractivity contribution in [1.82, 2.24) is 4.98 Å². The second-order valence-corrected chi connectivity index (χ2v) is 7.98. The number of nitrogens with one attached hydrogen (secondary N) is 2. The van der Waals surface area contributed by atoms with Crippen LogP contribution in [0.2, 0.25) is 0 Å². The van der Waals surface area contributed by atoms with E-state index in [4.69, 9.17) is 9.47 Å². The van der Waals surface area contributed by atoms with E-state index in [1.807, 2.05) is 62.5 Å². The predicted octanol–water partition coefficient (Wildman–Crippen LogP) is 5.32. The molecule has 0 radical (unpaired) electrons. The SMILES string of the molecule is CCC(=O)c1cccc(Nc2cc(Nc3ccc(N4CCOCC4)cc3OC)ncc2C)c1. The van der Waals surface area contributed by atoms with Gasteiger partial charge in [-0.1, -0.05) is 19.1 Å². The predicted molar refractivity (Wildman–Crippen MR) is 133 cm³/mol. The van der Waals surface area contributed by atoms with Gasteiger partial charge in [-0.15, -0.1) is 0 Å². The average Bonchev–Trinajstić information content (AvgIpc) is 2.86. The molecule has 4 rings (SSSR count). The quantitative estimate of drug-likeness (QED) is 0.454. The third-order valence-electron chi connectivity index (χ3n) is 5.71. The van der Waals surface area contributed by atoms with Crippen molar-refractivity contribution in [1.29, 1.82) is 0 Å². The number of ether oxygens (including phenoxy) is 2. The number of methoxy groups -OCH3 is 1. The number of hydrogen-bond acceptors (Lipinski definition) is 7. The smallest absolute Gasteiger partial charge is 0.162 e. The molecule has 0 amide bonds. The van der Waals surface area contributed by atoms with Crippen LogP contribution in [0, 0.1) is 6.92 Å². The van der Waals surface area contributed by atoms with Crippen LogP contribution in [0.4, 0.5) is 28.6 Å². The number of benzene rings is 2. The lowest BCUT2D eigenvalue weighted by Gasteiger charge is -2.29. The highest BCUT2D eigenvalue weighted by molar-refractivity contribution is 5.96. The number of pyridine rings is 1. The topological polar surface area (TPSA) is 75.7 Å². The maximum Gasteiger partial charge on any atom is 0.162 e. The molecular weight excluding hydrogens is 416 g/mol. The lowest BCUT2D eigenvalue weighted by Crippen LogP contribution is -2.36. The number of morpholine rings is 1. The number of aromatic nitrogens is 1. The first kappa shape index (κ1) is 22.6. The second-order valence-electron chi connectivity index (χ2n) is 7.98. The summed E-state index contributed by atoms with van der Waals surface area (Å²) in [5, 5.41) is 6.79. The summed E-state index contributed by atoms with van der Waals surface area (Å²) in [6, 6.07) is 15.7. The van der Waals surface area contributed by atoms with Crippen molar-refractivity contribution in [3.8, 4) is 5.75 Å². The molecule has 3 aromatic rings. The molecule has 1 aliphatic heterocycles. The molecule has 33 heavy (non-hydrogen) atoms. The van der Waals surface area contributed by atoms with Crippen LogP contribution in [-0.2, 0) is 4.74 Å². The highest BCUT2D eigenvalue weighted by Crippen LogP contribution is 2.33. The molecule has 2 N–H and O–H groups in total. The summed E-state index contributed by atoms with van der Waals surface area (Å²) < 4.78 is 11.1. The number of Topliss-reactive ketones (excluding diaryl/α,β-unsaturated/α-hetero) is 1. The summed E-state index contributed by atoms with van der Waals surface area (Å²) in [6.07, 6.45) is 2.30. The molecule has 2 heterocycles. The number of aryl methyl sites for hydroxylation is 1. The Morgan fingerprint density at radius 3 is 2.67 bits per heavy atom. The van der Waals surface area contributed by atoms with Crippen LogP contribution in [0.1, 0.15) is 29.3 Å². The van der Waals surface area contributed by atoms with Crippen molar-refractivity contribution in [2.24, 2.45) is 0 Å². The minimum atomic E-state index is 0.125. The first-order valence-electron chi connectivity index (χ1n) is 11.2. The Morgan fingerprint density at radius 2 is 1.91 bits per heavy atom. The minimum absolute atomic E-state index is 0.125. The molecule has 0 atom stereocenters. The van der Waals surface area contributed by atoms with Crippen LogP contribution in [0.5, 0.6) is 5.75 Å². The van der Waals surface area contributed by atoms with Crippen molar-refractivity contribution < 1.29 is 14.3 Å². The van der Waals surface area contributed by atoms with Crippen molar-refractivity contribution in [2.75, 3.05) is 48.9 Å². The van der Waals surface area contributed by atoms with Gasteiger partial charge in [-0.3, -0.25) is 4.79 Å². The number of rotatable bonds is 8. The van der Waals surface area contributed by atoms with Crippen LogP contribution >= 0.6 is 0 Å². The zero-order valence-corrected chi connectivity index (χ0v) is 19.4. The Labute approximate surface area is 194 Å². The molecule has 0 aliphatic carbocycles. The number of hydrogen-bond donors (Lipinski definition) is 2. The van der Waals surface area contributed by atoms with Gasteiger partial charge in [-0.25, -0.2) is 4.98 Å². The largest absolute Gasteiger partial charge is 0.494 e. The molecule has 1 fully saturated rings. The second kappa shape index (κ2) is 10.4. The summed E-state index contributed by atoms with van der Waals surface area (Å²) in [7, 11) is 1.67. The first-order valence-corrected chi connectivity index (χ1v) is 11.2. The van der Waals surface area contributed by atoms with Gasteiger partial charge < -0.3 is 25.0 Å². The number of carbonyl (C=O) groups is 1. The third-order valence-corrected chi connectivity index (χ3v) is 5.71. The Bertz CT molecular complexity index is 1130. The van der Waals surface area contributed by atoms with Gasteiger partial charge in [-0.05, 0) is 36.8 Å². The molecule has 1 aromatic heterocycles. The fourth-order valence-corrected chi connectivity index (χ4v) is 3.80. The molecule has 7 heteroatoms. The summed E-state index contributed by atoms with van der Waals surface area (Å²) in [5.41, 5.74) is 5.44. The normalized spacial score (nSPS) is 13.5. The highest BCUT2D eigenvalue weighted by Gasteiger charge is 2.14. The third kappa shape index (κ3) is 5.43. The van der Waals surface area contributed by atoms with Crippen molar-refractivity contribution in [2.45, 2.75) is 20.3 Å². The van der Waals surface area contributed by atoms with E-state index in [9.17, 15) is 4.79 Å². The zero-order valence-electron chi connectivity index (χ0n) is 19.4. The molecule has 172 valence electrons.